The second-order valence-corrected chi connectivity index (χ2v) is 6.43. The lowest BCUT2D eigenvalue weighted by Gasteiger charge is -2.01. The molecule has 2 aromatic carbocycles. The van der Waals surface area contributed by atoms with E-state index in [1.54, 1.807) is 0 Å². The zero-order valence-electron chi connectivity index (χ0n) is 12.1. The van der Waals surface area contributed by atoms with Crippen LogP contribution in [0.2, 0.25) is 0 Å². The topological polar surface area (TPSA) is 0 Å². The summed E-state index contributed by atoms with van der Waals surface area (Å²) in [4.78, 5) is 2.79. The van der Waals surface area contributed by atoms with Gasteiger partial charge in [0.15, 0.2) is 0 Å². The molecule has 20 heavy (non-hydrogen) atoms. The minimum atomic E-state index is 1.28. The smallest absolute Gasteiger partial charge is 0.0305 e. The number of aryl methyl sites for hydroxylation is 1. The van der Waals surface area contributed by atoms with E-state index in [1.165, 1.54) is 37.2 Å². The third-order valence-corrected chi connectivity index (χ3v) is 5.24. The van der Waals surface area contributed by atoms with Crippen molar-refractivity contribution in [2.24, 2.45) is 0 Å². The van der Waals surface area contributed by atoms with Crippen LogP contribution >= 0.6 is 11.3 Å². The molecule has 0 N–H and O–H groups in total. The van der Waals surface area contributed by atoms with E-state index >= 15 is 0 Å². The van der Waals surface area contributed by atoms with E-state index in [4.69, 9.17) is 0 Å². The van der Waals surface area contributed by atoms with Gasteiger partial charge in [-0.25, -0.2) is 0 Å². The van der Waals surface area contributed by atoms with Gasteiger partial charge in [-0.15, -0.1) is 11.3 Å². The van der Waals surface area contributed by atoms with Gasteiger partial charge in [0.05, 0.1) is 0 Å². The minimum Gasteiger partial charge on any atom is -0.141 e. The van der Waals surface area contributed by atoms with E-state index in [0.29, 0.717) is 0 Å². The first-order valence-corrected chi connectivity index (χ1v) is 7.71. The van der Waals surface area contributed by atoms with Gasteiger partial charge in [-0.3, -0.25) is 0 Å². The highest BCUT2D eigenvalue weighted by Gasteiger charge is 2.05. The summed E-state index contributed by atoms with van der Waals surface area (Å²) in [5.41, 5.74) is 4.11. The van der Waals surface area contributed by atoms with E-state index in [2.05, 4.69) is 75.4 Å². The fourth-order valence-corrected chi connectivity index (χ4v) is 3.57. The molecule has 0 aliphatic rings. The molecule has 0 spiro atoms. The van der Waals surface area contributed by atoms with Crippen molar-refractivity contribution in [3.63, 3.8) is 0 Å². The SMILES string of the molecule is Cc1sc(/C=C/c2cccc3ccccc23)c(C)c1C. The molecule has 3 aromatic rings. The van der Waals surface area contributed by atoms with Crippen LogP contribution in [0.25, 0.3) is 22.9 Å². The Kier molecular flexibility index (Phi) is 3.45. The van der Waals surface area contributed by atoms with Crippen molar-refractivity contribution in [2.45, 2.75) is 20.8 Å². The fourth-order valence-electron chi connectivity index (χ4n) is 2.49. The first-order valence-electron chi connectivity index (χ1n) is 6.89. The van der Waals surface area contributed by atoms with Gasteiger partial charge in [-0.2, -0.15) is 0 Å². The predicted octanol–water partition coefficient (Wildman–Crippen LogP) is 6.00. The summed E-state index contributed by atoms with van der Waals surface area (Å²) < 4.78 is 0. The van der Waals surface area contributed by atoms with Gasteiger partial charge < -0.3 is 0 Å². The largest absolute Gasteiger partial charge is 0.141 e. The molecule has 0 aliphatic carbocycles. The molecule has 3 rings (SSSR count). The quantitative estimate of drug-likeness (QED) is 0.539. The number of hydrogen-bond acceptors (Lipinski definition) is 1. The average molecular weight is 278 g/mol. The Labute approximate surface area is 124 Å². The van der Waals surface area contributed by atoms with Crippen LogP contribution in [0, 0.1) is 20.8 Å². The third-order valence-electron chi connectivity index (χ3n) is 3.96. The number of thiophene rings is 1. The number of rotatable bonds is 2. The number of benzene rings is 2. The molecule has 0 nitrogen and oxygen atoms in total. The van der Waals surface area contributed by atoms with Crippen LogP contribution in [0.4, 0.5) is 0 Å². The van der Waals surface area contributed by atoms with Crippen molar-refractivity contribution in [1.82, 2.24) is 0 Å². The van der Waals surface area contributed by atoms with Gasteiger partial charge in [0, 0.05) is 9.75 Å². The lowest BCUT2D eigenvalue weighted by molar-refractivity contribution is 1.35. The van der Waals surface area contributed by atoms with Gasteiger partial charge in [-0.1, -0.05) is 48.5 Å². The molecule has 0 atom stereocenters. The van der Waals surface area contributed by atoms with Gasteiger partial charge in [-0.05, 0) is 54.3 Å². The maximum absolute atomic E-state index is 2.25. The van der Waals surface area contributed by atoms with Crippen LogP contribution in [0.1, 0.15) is 26.4 Å². The molecular formula is C19H18S. The highest BCUT2D eigenvalue weighted by atomic mass is 32.1. The number of fused-ring (bicyclic) bond motifs is 1. The molecule has 0 radical (unpaired) electrons. The summed E-state index contributed by atoms with van der Waals surface area (Å²) >= 11 is 1.88. The van der Waals surface area contributed by atoms with Crippen molar-refractivity contribution in [3.8, 4) is 0 Å². The molecule has 0 unspecified atom stereocenters. The van der Waals surface area contributed by atoms with Gasteiger partial charge in [0.25, 0.3) is 0 Å². The van der Waals surface area contributed by atoms with Crippen LogP contribution in [-0.2, 0) is 0 Å². The molecule has 0 fully saturated rings. The summed E-state index contributed by atoms with van der Waals surface area (Å²) in [6.45, 7) is 6.61. The Morgan fingerprint density at radius 3 is 2.30 bits per heavy atom. The summed E-state index contributed by atoms with van der Waals surface area (Å²) in [5, 5.41) is 2.61. The Morgan fingerprint density at radius 2 is 1.55 bits per heavy atom. The van der Waals surface area contributed by atoms with Crippen molar-refractivity contribution < 1.29 is 0 Å². The monoisotopic (exact) mass is 278 g/mol. The second kappa shape index (κ2) is 5.26. The maximum Gasteiger partial charge on any atom is 0.0305 e. The molecule has 0 amide bonds. The van der Waals surface area contributed by atoms with E-state index in [9.17, 15) is 0 Å². The first kappa shape index (κ1) is 13.1. The Morgan fingerprint density at radius 1 is 0.800 bits per heavy atom. The van der Waals surface area contributed by atoms with Crippen LogP contribution < -0.4 is 0 Å². The molecule has 0 saturated carbocycles. The molecule has 1 heterocycles. The average Bonchev–Trinajstić information content (AvgIpc) is 2.72. The summed E-state index contributed by atoms with van der Waals surface area (Å²) in [6.07, 6.45) is 4.49. The van der Waals surface area contributed by atoms with Gasteiger partial charge in [0.1, 0.15) is 0 Å². The molecule has 1 heteroatoms. The summed E-state index contributed by atoms with van der Waals surface area (Å²) in [6, 6.07) is 15.0. The third kappa shape index (κ3) is 2.30. The zero-order chi connectivity index (χ0) is 14.1. The highest BCUT2D eigenvalue weighted by molar-refractivity contribution is 7.13. The van der Waals surface area contributed by atoms with Gasteiger partial charge >= 0.3 is 0 Å². The van der Waals surface area contributed by atoms with E-state index < -0.39 is 0 Å². The first-order chi connectivity index (χ1) is 9.66. The van der Waals surface area contributed by atoms with Crippen LogP contribution in [0.3, 0.4) is 0 Å². The van der Waals surface area contributed by atoms with Crippen LogP contribution in [0.5, 0.6) is 0 Å². The molecule has 0 aliphatic heterocycles. The Hall–Kier alpha value is -1.86. The second-order valence-electron chi connectivity index (χ2n) is 5.17. The highest BCUT2D eigenvalue weighted by Crippen LogP contribution is 2.29. The van der Waals surface area contributed by atoms with Crippen LogP contribution in [-0.4, -0.2) is 0 Å². The summed E-state index contributed by atoms with van der Waals surface area (Å²) in [5.74, 6) is 0. The van der Waals surface area contributed by atoms with Gasteiger partial charge in [0.2, 0.25) is 0 Å². The zero-order valence-corrected chi connectivity index (χ0v) is 12.9. The van der Waals surface area contributed by atoms with Crippen molar-refractivity contribution >= 4 is 34.3 Å². The fraction of sp³-hybridized carbons (Fsp3) is 0.158. The number of hydrogen-bond donors (Lipinski definition) is 0. The molecule has 100 valence electrons. The van der Waals surface area contributed by atoms with Crippen molar-refractivity contribution in [1.29, 1.82) is 0 Å². The van der Waals surface area contributed by atoms with E-state index in [-0.39, 0.29) is 0 Å². The maximum atomic E-state index is 2.25. The molecule has 0 bridgehead atoms. The van der Waals surface area contributed by atoms with Crippen molar-refractivity contribution in [2.75, 3.05) is 0 Å². The van der Waals surface area contributed by atoms with Crippen molar-refractivity contribution in [3.05, 3.63) is 68.9 Å². The summed E-state index contributed by atoms with van der Waals surface area (Å²) in [7, 11) is 0. The Bertz CT molecular complexity index is 785. The Balaban J connectivity index is 2.05. The molecule has 0 saturated heterocycles. The standard InChI is InChI=1S/C19H18S/c1-13-14(2)19(20-15(13)3)12-11-17-9-6-8-16-7-4-5-10-18(16)17/h4-12H,1-3H3/b12-11+. The predicted molar refractivity (Wildman–Crippen MR) is 91.4 cm³/mol. The molecule has 1 aromatic heterocycles. The normalized spacial score (nSPS) is 11.6. The lowest BCUT2D eigenvalue weighted by atomic mass is 10.0. The lowest BCUT2D eigenvalue weighted by Crippen LogP contribution is -1.78. The van der Waals surface area contributed by atoms with E-state index in [1.807, 2.05) is 11.3 Å². The van der Waals surface area contributed by atoms with E-state index in [0.717, 1.165) is 0 Å². The minimum absolute atomic E-state index is 1.28. The van der Waals surface area contributed by atoms with Crippen LogP contribution in [0.15, 0.2) is 42.5 Å². The molecular weight excluding hydrogens is 260 g/mol.